The monoisotopic (exact) mass is 327 g/mol. The fourth-order valence-electron chi connectivity index (χ4n) is 1.63. The van der Waals surface area contributed by atoms with Gasteiger partial charge in [0.25, 0.3) is 0 Å². The molecule has 1 unspecified atom stereocenters. The molecule has 0 spiro atoms. The van der Waals surface area contributed by atoms with Crippen LogP contribution >= 0.6 is 23.2 Å². The van der Waals surface area contributed by atoms with Gasteiger partial charge in [-0.2, -0.15) is 5.10 Å². The van der Waals surface area contributed by atoms with Crippen molar-refractivity contribution >= 4 is 40.8 Å². The molecule has 0 aliphatic carbocycles. The highest BCUT2D eigenvalue weighted by Gasteiger charge is 2.19. The molecule has 2 N–H and O–H groups in total. The second-order valence-electron chi connectivity index (χ2n) is 4.28. The van der Waals surface area contributed by atoms with Gasteiger partial charge in [0.15, 0.2) is 0 Å². The molecular formula is C13H11Cl2N3O3. The number of carboxylic acids is 1. The zero-order valence-corrected chi connectivity index (χ0v) is 12.4. The van der Waals surface area contributed by atoms with Crippen LogP contribution in [0.4, 0.5) is 5.69 Å². The topological polar surface area (TPSA) is 84.2 Å². The minimum absolute atomic E-state index is 0.00502. The van der Waals surface area contributed by atoms with Crippen molar-refractivity contribution in [3.8, 4) is 0 Å². The van der Waals surface area contributed by atoms with Crippen LogP contribution in [-0.2, 0) is 4.79 Å². The van der Waals surface area contributed by atoms with Crippen molar-refractivity contribution in [3.63, 3.8) is 0 Å². The molecule has 0 aliphatic heterocycles. The minimum Gasteiger partial charge on any atom is -0.478 e. The number of benzene rings is 1. The first-order valence-corrected chi connectivity index (χ1v) is 6.68. The molecule has 0 saturated heterocycles. The second kappa shape index (κ2) is 6.15. The normalized spacial score (nSPS) is 12.0. The van der Waals surface area contributed by atoms with Gasteiger partial charge in [-0.15, -0.1) is 0 Å². The Labute approximate surface area is 130 Å². The molecule has 1 amide bonds. The van der Waals surface area contributed by atoms with E-state index in [2.05, 4.69) is 10.4 Å². The summed E-state index contributed by atoms with van der Waals surface area (Å²) >= 11 is 11.9. The predicted molar refractivity (Wildman–Crippen MR) is 79.0 cm³/mol. The molecule has 0 aliphatic rings. The smallest absolute Gasteiger partial charge is 0.338 e. The molecular weight excluding hydrogens is 317 g/mol. The molecule has 1 heterocycles. The first-order chi connectivity index (χ1) is 9.90. The molecule has 0 bridgehead atoms. The fraction of sp³-hybridized carbons (Fsp3) is 0.154. The van der Waals surface area contributed by atoms with Crippen LogP contribution in [0, 0.1) is 0 Å². The van der Waals surface area contributed by atoms with Gasteiger partial charge in [0.05, 0.1) is 27.5 Å². The lowest BCUT2D eigenvalue weighted by molar-refractivity contribution is -0.119. The van der Waals surface area contributed by atoms with Gasteiger partial charge >= 0.3 is 5.97 Å². The summed E-state index contributed by atoms with van der Waals surface area (Å²) in [6.07, 6.45) is 2.45. The molecule has 8 heteroatoms. The van der Waals surface area contributed by atoms with E-state index >= 15 is 0 Å². The van der Waals surface area contributed by atoms with E-state index in [4.69, 9.17) is 28.3 Å². The molecule has 0 fully saturated rings. The lowest BCUT2D eigenvalue weighted by Gasteiger charge is -2.14. The number of nitrogens with one attached hydrogen (secondary N) is 1. The van der Waals surface area contributed by atoms with Crippen LogP contribution in [0.5, 0.6) is 0 Å². The summed E-state index contributed by atoms with van der Waals surface area (Å²) in [7, 11) is 0. The molecule has 0 saturated carbocycles. The van der Waals surface area contributed by atoms with E-state index in [1.807, 2.05) is 0 Å². The molecule has 21 heavy (non-hydrogen) atoms. The number of carbonyl (C=O) groups excluding carboxylic acids is 1. The Bertz CT molecular complexity index is 679. The number of para-hydroxylation sites is 1. The number of anilines is 1. The number of amides is 1. The van der Waals surface area contributed by atoms with E-state index in [9.17, 15) is 9.59 Å². The fourth-order valence-corrected chi connectivity index (χ4v) is 2.12. The number of hydrogen-bond donors (Lipinski definition) is 2. The van der Waals surface area contributed by atoms with Gasteiger partial charge in [-0.05, 0) is 19.1 Å². The van der Waals surface area contributed by atoms with E-state index in [0.717, 1.165) is 0 Å². The number of aromatic carboxylic acids is 1. The highest BCUT2D eigenvalue weighted by Crippen LogP contribution is 2.30. The minimum atomic E-state index is -1.11. The van der Waals surface area contributed by atoms with E-state index < -0.39 is 17.9 Å². The number of carbonyl (C=O) groups is 2. The highest BCUT2D eigenvalue weighted by atomic mass is 35.5. The van der Waals surface area contributed by atoms with Crippen LogP contribution in [0.3, 0.4) is 0 Å². The van der Waals surface area contributed by atoms with Crippen LogP contribution in [0.25, 0.3) is 0 Å². The number of aromatic nitrogens is 2. The number of nitrogens with zero attached hydrogens (tertiary/aromatic N) is 2. The second-order valence-corrected chi connectivity index (χ2v) is 5.09. The maximum absolute atomic E-state index is 12.2. The zero-order chi connectivity index (χ0) is 15.6. The first kappa shape index (κ1) is 15.3. The Kier molecular flexibility index (Phi) is 4.50. The molecule has 2 aromatic rings. The quantitative estimate of drug-likeness (QED) is 0.903. The summed E-state index contributed by atoms with van der Waals surface area (Å²) in [5.41, 5.74) is 0.314. The van der Waals surface area contributed by atoms with Crippen molar-refractivity contribution in [1.29, 1.82) is 0 Å². The molecule has 2 rings (SSSR count). The third-order valence-electron chi connectivity index (χ3n) is 2.84. The van der Waals surface area contributed by atoms with Gasteiger partial charge < -0.3 is 10.4 Å². The lowest BCUT2D eigenvalue weighted by atomic mass is 10.2. The Morgan fingerprint density at radius 3 is 2.48 bits per heavy atom. The van der Waals surface area contributed by atoms with Crippen molar-refractivity contribution < 1.29 is 14.7 Å². The molecule has 1 aromatic heterocycles. The number of rotatable bonds is 4. The van der Waals surface area contributed by atoms with Crippen molar-refractivity contribution in [3.05, 3.63) is 46.2 Å². The van der Waals surface area contributed by atoms with E-state index in [1.165, 1.54) is 17.1 Å². The first-order valence-electron chi connectivity index (χ1n) is 5.92. The largest absolute Gasteiger partial charge is 0.478 e. The molecule has 6 nitrogen and oxygen atoms in total. The summed E-state index contributed by atoms with van der Waals surface area (Å²) in [5, 5.41) is 15.9. The van der Waals surface area contributed by atoms with Crippen molar-refractivity contribution in [2.75, 3.05) is 5.32 Å². The van der Waals surface area contributed by atoms with Crippen LogP contribution in [0.15, 0.2) is 30.6 Å². The maximum Gasteiger partial charge on any atom is 0.338 e. The Morgan fingerprint density at radius 1 is 1.33 bits per heavy atom. The van der Waals surface area contributed by atoms with Crippen molar-refractivity contribution in [2.24, 2.45) is 0 Å². The van der Waals surface area contributed by atoms with Crippen molar-refractivity contribution in [2.45, 2.75) is 13.0 Å². The summed E-state index contributed by atoms with van der Waals surface area (Å²) in [4.78, 5) is 23.0. The zero-order valence-electron chi connectivity index (χ0n) is 10.9. The van der Waals surface area contributed by atoms with E-state index in [0.29, 0.717) is 15.7 Å². The van der Waals surface area contributed by atoms with Crippen LogP contribution in [-0.4, -0.2) is 26.8 Å². The summed E-state index contributed by atoms with van der Waals surface area (Å²) in [5.74, 6) is -1.52. The Hall–Kier alpha value is -2.05. The summed E-state index contributed by atoms with van der Waals surface area (Å²) < 4.78 is 1.25. The van der Waals surface area contributed by atoms with Gasteiger partial charge in [-0.3, -0.25) is 9.48 Å². The van der Waals surface area contributed by atoms with Crippen LogP contribution < -0.4 is 5.32 Å². The Morgan fingerprint density at radius 2 is 1.95 bits per heavy atom. The van der Waals surface area contributed by atoms with E-state index in [-0.39, 0.29) is 5.56 Å². The van der Waals surface area contributed by atoms with Crippen molar-refractivity contribution in [1.82, 2.24) is 9.78 Å². The lowest BCUT2D eigenvalue weighted by Crippen LogP contribution is -2.24. The third-order valence-corrected chi connectivity index (χ3v) is 3.47. The molecule has 110 valence electrons. The molecule has 1 atom stereocenters. The van der Waals surface area contributed by atoms with Gasteiger partial charge in [-0.1, -0.05) is 29.3 Å². The Balaban J connectivity index is 2.17. The molecule has 1 aromatic carbocycles. The van der Waals surface area contributed by atoms with Gasteiger partial charge in [0, 0.05) is 6.20 Å². The van der Waals surface area contributed by atoms with Gasteiger partial charge in [0.2, 0.25) is 5.91 Å². The molecule has 0 radical (unpaired) electrons. The maximum atomic E-state index is 12.2. The van der Waals surface area contributed by atoms with Crippen LogP contribution in [0.2, 0.25) is 10.0 Å². The highest BCUT2D eigenvalue weighted by molar-refractivity contribution is 6.39. The van der Waals surface area contributed by atoms with Gasteiger partial charge in [-0.25, -0.2) is 4.79 Å². The standard InChI is InChI=1S/C13H11Cl2N3O3/c1-7(18-6-8(5-16-18)13(20)21)12(19)17-11-9(14)3-2-4-10(11)15/h2-7H,1H3,(H,17,19)(H,20,21). The van der Waals surface area contributed by atoms with E-state index in [1.54, 1.807) is 25.1 Å². The average Bonchev–Trinajstić information content (AvgIpc) is 2.92. The summed E-state index contributed by atoms with van der Waals surface area (Å²) in [6.45, 7) is 1.58. The SMILES string of the molecule is CC(C(=O)Nc1c(Cl)cccc1Cl)n1cc(C(=O)O)cn1. The third kappa shape index (κ3) is 3.34. The predicted octanol–water partition coefficient (Wildman–Crippen LogP) is 3.09. The van der Waals surface area contributed by atoms with Crippen LogP contribution in [0.1, 0.15) is 23.3 Å². The number of carboxylic acid groups (broad SMARTS) is 1. The summed E-state index contributed by atoms with van der Waals surface area (Å²) in [6, 6.07) is 4.15. The average molecular weight is 328 g/mol. The number of hydrogen-bond acceptors (Lipinski definition) is 3. The number of halogens is 2. The van der Waals surface area contributed by atoms with Gasteiger partial charge in [0.1, 0.15) is 6.04 Å².